The number of aromatic nitrogens is 2. The summed E-state index contributed by atoms with van der Waals surface area (Å²) in [6.07, 6.45) is 3.37. The molecule has 0 spiro atoms. The van der Waals surface area contributed by atoms with E-state index < -0.39 is 5.92 Å². The van der Waals surface area contributed by atoms with Gasteiger partial charge in [-0.05, 0) is 38.1 Å². The van der Waals surface area contributed by atoms with Crippen LogP contribution in [0.15, 0.2) is 67.0 Å². The molecule has 27 heavy (non-hydrogen) atoms. The zero-order valence-corrected chi connectivity index (χ0v) is 15.6. The molecule has 0 saturated carbocycles. The van der Waals surface area contributed by atoms with Crippen LogP contribution in [0.3, 0.4) is 0 Å². The molecular formula is C22H22N2O3. The summed E-state index contributed by atoms with van der Waals surface area (Å²) >= 11 is 0. The number of nitrogens with zero attached hydrogens (tertiary/aromatic N) is 2. The Morgan fingerprint density at radius 2 is 1.52 bits per heavy atom. The number of Topliss-reactive ketones (excluding diaryl/α,β-unsaturated/α-hetero) is 2. The highest BCUT2D eigenvalue weighted by Crippen LogP contribution is 2.25. The van der Waals surface area contributed by atoms with Crippen LogP contribution < -0.4 is 4.74 Å². The Balaban J connectivity index is 1.97. The van der Waals surface area contributed by atoms with Gasteiger partial charge in [-0.3, -0.25) is 9.59 Å². The molecule has 3 aromatic rings. The molecule has 0 bridgehead atoms. The van der Waals surface area contributed by atoms with Gasteiger partial charge in [0.1, 0.15) is 17.5 Å². The number of hydrogen-bond donors (Lipinski definition) is 0. The summed E-state index contributed by atoms with van der Waals surface area (Å²) in [6.45, 7) is 3.88. The summed E-state index contributed by atoms with van der Waals surface area (Å²) in [5, 5.41) is 0. The molecule has 1 atom stereocenters. The van der Waals surface area contributed by atoms with Crippen molar-refractivity contribution in [3.8, 4) is 5.75 Å². The topological polar surface area (TPSA) is 61.2 Å². The molecule has 1 aromatic heterocycles. The molecule has 0 fully saturated rings. The molecule has 1 heterocycles. The minimum Gasteiger partial charge on any atom is -0.491 e. The minimum absolute atomic E-state index is 0.0477. The number of ether oxygens (including phenoxy) is 1. The fraction of sp³-hybridized carbons (Fsp3) is 0.227. The molecule has 0 saturated heterocycles. The van der Waals surface area contributed by atoms with E-state index in [-0.39, 0.29) is 17.7 Å². The monoisotopic (exact) mass is 362 g/mol. The number of carbonyl (C=O) groups excluding carboxylic acids is 2. The van der Waals surface area contributed by atoms with Gasteiger partial charge in [0.05, 0.1) is 6.10 Å². The van der Waals surface area contributed by atoms with Gasteiger partial charge in [0, 0.05) is 30.6 Å². The fourth-order valence-electron chi connectivity index (χ4n) is 2.91. The first-order valence-corrected chi connectivity index (χ1v) is 8.85. The number of rotatable bonds is 7. The molecule has 0 N–H and O–H groups in total. The maximum atomic E-state index is 13.2. The molecular weight excluding hydrogens is 340 g/mol. The largest absolute Gasteiger partial charge is 0.491 e. The molecule has 0 unspecified atom stereocenters. The Hall–Kier alpha value is -3.21. The first kappa shape index (κ1) is 18.6. The molecule has 5 heteroatoms. The summed E-state index contributed by atoms with van der Waals surface area (Å²) in [5.41, 5.74) is 0.932. The van der Waals surface area contributed by atoms with E-state index in [0.717, 1.165) is 0 Å². The van der Waals surface area contributed by atoms with Gasteiger partial charge in [0.15, 0.2) is 11.6 Å². The zero-order valence-electron chi connectivity index (χ0n) is 15.6. The highest BCUT2D eigenvalue weighted by molar-refractivity contribution is 6.19. The van der Waals surface area contributed by atoms with Crippen molar-refractivity contribution in [3.63, 3.8) is 0 Å². The Labute approximate surface area is 158 Å². The van der Waals surface area contributed by atoms with E-state index in [2.05, 4.69) is 4.98 Å². The van der Waals surface area contributed by atoms with Crippen LogP contribution in [0, 0.1) is 0 Å². The van der Waals surface area contributed by atoms with Gasteiger partial charge < -0.3 is 9.30 Å². The zero-order chi connectivity index (χ0) is 19.4. The van der Waals surface area contributed by atoms with Gasteiger partial charge in [-0.15, -0.1) is 0 Å². The van der Waals surface area contributed by atoms with Crippen LogP contribution in [-0.2, 0) is 7.05 Å². The molecule has 0 amide bonds. The van der Waals surface area contributed by atoms with E-state index in [1.165, 1.54) is 0 Å². The lowest BCUT2D eigenvalue weighted by Crippen LogP contribution is -2.25. The SMILES string of the molecule is CC(C)Oc1ccc(C(=O)[C@H](C(=O)c2ccccc2)c2nccn2C)cc1. The fourth-order valence-corrected chi connectivity index (χ4v) is 2.91. The summed E-state index contributed by atoms with van der Waals surface area (Å²) in [6, 6.07) is 15.7. The van der Waals surface area contributed by atoms with Crippen molar-refractivity contribution in [1.29, 1.82) is 0 Å². The van der Waals surface area contributed by atoms with Crippen LogP contribution in [0.4, 0.5) is 0 Å². The second-order valence-corrected chi connectivity index (χ2v) is 6.61. The van der Waals surface area contributed by atoms with Crippen LogP contribution in [0.2, 0.25) is 0 Å². The Morgan fingerprint density at radius 3 is 2.04 bits per heavy atom. The van der Waals surface area contributed by atoms with E-state index in [1.54, 1.807) is 72.5 Å². The molecule has 3 rings (SSSR count). The lowest BCUT2D eigenvalue weighted by Gasteiger charge is -2.16. The van der Waals surface area contributed by atoms with Crippen LogP contribution in [-0.4, -0.2) is 27.2 Å². The van der Waals surface area contributed by atoms with Crippen LogP contribution in [0.5, 0.6) is 5.75 Å². The van der Waals surface area contributed by atoms with Gasteiger partial charge in [-0.1, -0.05) is 30.3 Å². The highest BCUT2D eigenvalue weighted by Gasteiger charge is 2.33. The molecule has 0 radical (unpaired) electrons. The van der Waals surface area contributed by atoms with Crippen molar-refractivity contribution in [2.45, 2.75) is 25.9 Å². The third-order valence-electron chi connectivity index (χ3n) is 4.21. The Morgan fingerprint density at radius 1 is 0.926 bits per heavy atom. The summed E-state index contributed by atoms with van der Waals surface area (Å²) < 4.78 is 7.33. The molecule has 5 nitrogen and oxygen atoms in total. The average molecular weight is 362 g/mol. The number of ketones is 2. The third kappa shape index (κ3) is 4.14. The highest BCUT2D eigenvalue weighted by atomic mass is 16.5. The van der Waals surface area contributed by atoms with Gasteiger partial charge in [0.2, 0.25) is 0 Å². The van der Waals surface area contributed by atoms with Gasteiger partial charge >= 0.3 is 0 Å². The molecule has 2 aromatic carbocycles. The Kier molecular flexibility index (Phi) is 5.50. The van der Waals surface area contributed by atoms with Crippen molar-refractivity contribution >= 4 is 11.6 Å². The summed E-state index contributed by atoms with van der Waals surface area (Å²) in [5.74, 6) is -0.434. The number of carbonyl (C=O) groups is 2. The Bertz CT molecular complexity index is 928. The number of aryl methyl sites for hydroxylation is 1. The van der Waals surface area contributed by atoms with E-state index >= 15 is 0 Å². The van der Waals surface area contributed by atoms with Gasteiger partial charge in [-0.2, -0.15) is 0 Å². The normalized spacial score (nSPS) is 12.0. The molecule has 0 aliphatic carbocycles. The van der Waals surface area contributed by atoms with Crippen LogP contribution in [0.25, 0.3) is 0 Å². The van der Waals surface area contributed by atoms with Crippen LogP contribution >= 0.6 is 0 Å². The lowest BCUT2D eigenvalue weighted by molar-refractivity contribution is 0.0854. The van der Waals surface area contributed by atoms with E-state index in [9.17, 15) is 9.59 Å². The van der Waals surface area contributed by atoms with Gasteiger partial charge in [0.25, 0.3) is 0 Å². The maximum absolute atomic E-state index is 13.2. The van der Waals surface area contributed by atoms with E-state index in [0.29, 0.717) is 22.7 Å². The second-order valence-electron chi connectivity index (χ2n) is 6.61. The van der Waals surface area contributed by atoms with Crippen LogP contribution in [0.1, 0.15) is 46.3 Å². The molecule has 0 aliphatic heterocycles. The van der Waals surface area contributed by atoms with Gasteiger partial charge in [-0.25, -0.2) is 4.98 Å². The minimum atomic E-state index is -0.996. The van der Waals surface area contributed by atoms with Crippen molar-refractivity contribution in [2.24, 2.45) is 7.05 Å². The van der Waals surface area contributed by atoms with E-state index in [4.69, 9.17) is 4.74 Å². The number of benzene rings is 2. The summed E-state index contributed by atoms with van der Waals surface area (Å²) in [7, 11) is 1.78. The van der Waals surface area contributed by atoms with Crippen molar-refractivity contribution in [1.82, 2.24) is 9.55 Å². The number of imidazole rings is 1. The van der Waals surface area contributed by atoms with Crippen molar-refractivity contribution < 1.29 is 14.3 Å². The number of hydrogen-bond acceptors (Lipinski definition) is 4. The van der Waals surface area contributed by atoms with Crippen molar-refractivity contribution in [3.05, 3.63) is 83.9 Å². The quantitative estimate of drug-likeness (QED) is 0.470. The van der Waals surface area contributed by atoms with Crippen molar-refractivity contribution in [2.75, 3.05) is 0 Å². The standard InChI is InChI=1S/C22H22N2O3/c1-15(2)27-18-11-9-17(10-12-18)21(26)19(22-23-13-14-24(22)3)20(25)16-7-5-4-6-8-16/h4-15,19H,1-3H3/t19-/m0/s1. The maximum Gasteiger partial charge on any atom is 0.181 e. The predicted molar refractivity (Wildman–Crippen MR) is 103 cm³/mol. The molecule has 138 valence electrons. The first-order valence-electron chi connectivity index (χ1n) is 8.85. The average Bonchev–Trinajstić information content (AvgIpc) is 3.08. The third-order valence-corrected chi connectivity index (χ3v) is 4.21. The predicted octanol–water partition coefficient (Wildman–Crippen LogP) is 4.06. The second kappa shape index (κ2) is 7.99. The smallest absolute Gasteiger partial charge is 0.181 e. The summed E-state index contributed by atoms with van der Waals surface area (Å²) in [4.78, 5) is 30.6. The first-order chi connectivity index (χ1) is 13.0. The van der Waals surface area contributed by atoms with E-state index in [1.807, 2.05) is 19.9 Å². The lowest BCUT2D eigenvalue weighted by atomic mass is 9.89. The molecule has 0 aliphatic rings.